The second kappa shape index (κ2) is 7.33. The van der Waals surface area contributed by atoms with Gasteiger partial charge in [0.15, 0.2) is 0 Å². The Morgan fingerprint density at radius 1 is 1.72 bits per heavy atom. The van der Waals surface area contributed by atoms with E-state index >= 15 is 0 Å². The second-order valence-corrected chi connectivity index (χ2v) is 4.81. The summed E-state index contributed by atoms with van der Waals surface area (Å²) in [7, 11) is 0. The molecule has 1 unspecified atom stereocenters. The van der Waals surface area contributed by atoms with Crippen molar-refractivity contribution < 1.29 is 0 Å². The molecule has 0 aliphatic heterocycles. The fourth-order valence-electron chi connectivity index (χ4n) is 1.64. The van der Waals surface area contributed by atoms with Gasteiger partial charge in [-0.3, -0.25) is 4.79 Å². The zero-order chi connectivity index (χ0) is 13.5. The van der Waals surface area contributed by atoms with Gasteiger partial charge in [-0.2, -0.15) is 5.10 Å². The summed E-state index contributed by atoms with van der Waals surface area (Å²) < 4.78 is 1.83. The number of nitrogens with two attached hydrogens (primary N) is 1. The molecule has 0 aliphatic carbocycles. The van der Waals surface area contributed by atoms with E-state index in [2.05, 4.69) is 39.8 Å². The number of nitrogens with zero attached hydrogens (tertiary/aromatic N) is 2. The van der Waals surface area contributed by atoms with Gasteiger partial charge in [0.05, 0.1) is 18.4 Å². The molecule has 0 radical (unpaired) electrons. The number of allylic oxidation sites excluding steroid dienone is 1. The summed E-state index contributed by atoms with van der Waals surface area (Å²) in [5.41, 5.74) is 6.19. The molecule has 0 saturated heterocycles. The number of hydrogen-bond acceptors (Lipinski definition) is 4. The van der Waals surface area contributed by atoms with Crippen LogP contribution in [0.5, 0.6) is 0 Å². The lowest BCUT2D eigenvalue weighted by Gasteiger charge is -2.18. The number of nitrogens with one attached hydrogen (secondary N) is 1. The molecule has 6 heteroatoms. The van der Waals surface area contributed by atoms with E-state index in [1.165, 1.54) is 4.68 Å². The summed E-state index contributed by atoms with van der Waals surface area (Å²) in [6.07, 6.45) is 5.26. The number of aromatic nitrogens is 2. The Balaban J connectivity index is 2.94. The minimum atomic E-state index is -0.174. The van der Waals surface area contributed by atoms with Crippen LogP contribution in [0.1, 0.15) is 19.8 Å². The van der Waals surface area contributed by atoms with Crippen molar-refractivity contribution in [2.45, 2.75) is 32.4 Å². The van der Waals surface area contributed by atoms with E-state index in [-0.39, 0.29) is 11.6 Å². The number of halogens is 1. The Bertz CT molecular complexity index is 458. The molecule has 100 valence electrons. The molecule has 5 nitrogen and oxygen atoms in total. The van der Waals surface area contributed by atoms with E-state index in [0.717, 1.165) is 12.8 Å². The minimum Gasteiger partial charge on any atom is -0.379 e. The van der Waals surface area contributed by atoms with Crippen molar-refractivity contribution in [3.8, 4) is 0 Å². The van der Waals surface area contributed by atoms with Crippen LogP contribution in [0, 0.1) is 0 Å². The maximum atomic E-state index is 11.9. The minimum absolute atomic E-state index is 0.155. The lowest BCUT2D eigenvalue weighted by Crippen LogP contribution is -2.31. The Hall–Kier alpha value is -1.14. The van der Waals surface area contributed by atoms with Crippen LogP contribution in [0.4, 0.5) is 5.69 Å². The maximum absolute atomic E-state index is 11.9. The molecule has 1 rings (SSSR count). The van der Waals surface area contributed by atoms with Gasteiger partial charge in [-0.05, 0) is 22.4 Å². The van der Waals surface area contributed by atoms with Crippen LogP contribution in [0.25, 0.3) is 0 Å². The quantitative estimate of drug-likeness (QED) is 0.752. The van der Waals surface area contributed by atoms with Crippen molar-refractivity contribution in [2.75, 3.05) is 11.9 Å². The highest BCUT2D eigenvalue weighted by atomic mass is 79.9. The van der Waals surface area contributed by atoms with Crippen molar-refractivity contribution in [2.24, 2.45) is 5.73 Å². The summed E-state index contributed by atoms with van der Waals surface area (Å²) in [4.78, 5) is 11.9. The standard InChI is InChI=1S/C12H19BrN4O/c1-3-5-9(7-14)16-10-8-15-17(6-4-2)12(18)11(10)13/h4,8-9,16H,2-3,5-7,14H2,1H3. The molecular formula is C12H19BrN4O. The highest BCUT2D eigenvalue weighted by molar-refractivity contribution is 9.10. The average Bonchev–Trinajstić information content (AvgIpc) is 2.37. The predicted octanol–water partition coefficient (Wildman–Crippen LogP) is 1.73. The monoisotopic (exact) mass is 314 g/mol. The molecule has 0 spiro atoms. The van der Waals surface area contributed by atoms with E-state index in [4.69, 9.17) is 5.73 Å². The molecule has 0 saturated carbocycles. The zero-order valence-corrected chi connectivity index (χ0v) is 12.1. The zero-order valence-electron chi connectivity index (χ0n) is 10.5. The van der Waals surface area contributed by atoms with Crippen LogP contribution >= 0.6 is 15.9 Å². The normalized spacial score (nSPS) is 12.2. The molecule has 18 heavy (non-hydrogen) atoms. The van der Waals surface area contributed by atoms with E-state index in [9.17, 15) is 4.79 Å². The van der Waals surface area contributed by atoms with Gasteiger partial charge in [0.1, 0.15) is 4.47 Å². The average molecular weight is 315 g/mol. The molecule has 0 aliphatic rings. The van der Waals surface area contributed by atoms with Crippen LogP contribution in [-0.4, -0.2) is 22.4 Å². The lowest BCUT2D eigenvalue weighted by molar-refractivity contribution is 0.632. The molecule has 0 amide bonds. The van der Waals surface area contributed by atoms with Crippen molar-refractivity contribution in [3.05, 3.63) is 33.7 Å². The fraction of sp³-hybridized carbons (Fsp3) is 0.500. The van der Waals surface area contributed by atoms with Gasteiger partial charge >= 0.3 is 0 Å². The molecule has 1 aromatic heterocycles. The Morgan fingerprint density at radius 2 is 2.44 bits per heavy atom. The van der Waals surface area contributed by atoms with Crippen LogP contribution in [0.3, 0.4) is 0 Å². The number of hydrogen-bond donors (Lipinski definition) is 2. The molecule has 3 N–H and O–H groups in total. The first-order valence-electron chi connectivity index (χ1n) is 5.97. The maximum Gasteiger partial charge on any atom is 0.283 e. The van der Waals surface area contributed by atoms with Crippen LogP contribution < -0.4 is 16.6 Å². The molecule has 0 fully saturated rings. The molecule has 1 atom stereocenters. The van der Waals surface area contributed by atoms with Crippen molar-refractivity contribution in [3.63, 3.8) is 0 Å². The Morgan fingerprint density at radius 3 is 3.00 bits per heavy atom. The van der Waals surface area contributed by atoms with Gasteiger partial charge in [-0.15, -0.1) is 6.58 Å². The van der Waals surface area contributed by atoms with Gasteiger partial charge < -0.3 is 11.1 Å². The Labute approximate surface area is 115 Å². The smallest absolute Gasteiger partial charge is 0.283 e. The fourth-order valence-corrected chi connectivity index (χ4v) is 2.06. The highest BCUT2D eigenvalue weighted by Crippen LogP contribution is 2.18. The summed E-state index contributed by atoms with van der Waals surface area (Å²) in [5.74, 6) is 0. The van der Waals surface area contributed by atoms with Crippen molar-refractivity contribution >= 4 is 21.6 Å². The lowest BCUT2D eigenvalue weighted by atomic mass is 10.1. The van der Waals surface area contributed by atoms with E-state index in [1.54, 1.807) is 12.3 Å². The van der Waals surface area contributed by atoms with Gasteiger partial charge in [-0.25, -0.2) is 4.68 Å². The molecular weight excluding hydrogens is 296 g/mol. The molecule has 0 aromatic carbocycles. The first-order valence-corrected chi connectivity index (χ1v) is 6.76. The third kappa shape index (κ3) is 3.68. The highest BCUT2D eigenvalue weighted by Gasteiger charge is 2.11. The van der Waals surface area contributed by atoms with Crippen molar-refractivity contribution in [1.29, 1.82) is 0 Å². The Kier molecular flexibility index (Phi) is 6.07. The van der Waals surface area contributed by atoms with E-state index in [0.29, 0.717) is 23.2 Å². The van der Waals surface area contributed by atoms with Crippen LogP contribution in [-0.2, 0) is 6.54 Å². The largest absolute Gasteiger partial charge is 0.379 e. The summed E-state index contributed by atoms with van der Waals surface area (Å²) in [6, 6.07) is 0.155. The van der Waals surface area contributed by atoms with Gasteiger partial charge in [0.2, 0.25) is 0 Å². The second-order valence-electron chi connectivity index (χ2n) is 4.01. The topological polar surface area (TPSA) is 72.9 Å². The third-order valence-corrected chi connectivity index (χ3v) is 3.33. The van der Waals surface area contributed by atoms with E-state index < -0.39 is 0 Å². The van der Waals surface area contributed by atoms with Crippen LogP contribution in [0.15, 0.2) is 28.1 Å². The molecule has 0 bridgehead atoms. The van der Waals surface area contributed by atoms with E-state index in [1.807, 2.05) is 0 Å². The van der Waals surface area contributed by atoms with Crippen LogP contribution in [0.2, 0.25) is 0 Å². The first kappa shape index (κ1) is 14.9. The third-order valence-electron chi connectivity index (χ3n) is 2.57. The molecule has 1 aromatic rings. The van der Waals surface area contributed by atoms with Gasteiger partial charge in [0, 0.05) is 12.6 Å². The number of anilines is 1. The summed E-state index contributed by atoms with van der Waals surface area (Å²) in [6.45, 7) is 6.60. The SMILES string of the molecule is C=CCn1ncc(NC(CN)CCC)c(Br)c1=O. The van der Waals surface area contributed by atoms with Crippen molar-refractivity contribution in [1.82, 2.24) is 9.78 Å². The van der Waals surface area contributed by atoms with Gasteiger partial charge in [0.25, 0.3) is 5.56 Å². The summed E-state index contributed by atoms with van der Waals surface area (Å²) in [5, 5.41) is 7.31. The summed E-state index contributed by atoms with van der Waals surface area (Å²) >= 11 is 3.30. The first-order chi connectivity index (χ1) is 8.63. The van der Waals surface area contributed by atoms with Gasteiger partial charge in [-0.1, -0.05) is 19.4 Å². The molecule has 1 heterocycles. The number of rotatable bonds is 7. The predicted molar refractivity (Wildman–Crippen MR) is 77.8 cm³/mol.